The van der Waals surface area contributed by atoms with Crippen molar-refractivity contribution in [3.63, 3.8) is 0 Å². The molecule has 154 valence electrons. The van der Waals surface area contributed by atoms with Crippen LogP contribution >= 0.6 is 22.6 Å². The number of aromatic nitrogens is 4. The minimum atomic E-state index is -0.141. The number of benzene rings is 2. The molecule has 0 fully saturated rings. The van der Waals surface area contributed by atoms with Crippen molar-refractivity contribution in [2.75, 3.05) is 23.3 Å². The number of fused-ring (bicyclic) bond motifs is 1. The molecule has 0 bridgehead atoms. The predicted molar refractivity (Wildman–Crippen MR) is 128 cm³/mol. The third kappa shape index (κ3) is 3.99. The summed E-state index contributed by atoms with van der Waals surface area (Å²) < 4.78 is 2.50. The van der Waals surface area contributed by atoms with Crippen molar-refractivity contribution in [2.24, 2.45) is 0 Å². The molecule has 0 saturated heterocycles. The molecule has 0 saturated carbocycles. The Kier molecular flexibility index (Phi) is 5.68. The van der Waals surface area contributed by atoms with E-state index in [4.69, 9.17) is 16.5 Å². The molecule has 2 aromatic heterocycles. The lowest BCUT2D eigenvalue weighted by molar-refractivity contribution is 0.808. The van der Waals surface area contributed by atoms with Crippen molar-refractivity contribution < 1.29 is 0 Å². The number of anilines is 3. The van der Waals surface area contributed by atoms with E-state index in [0.717, 1.165) is 9.26 Å². The minimum Gasteiger partial charge on any atom is -0.382 e. The Morgan fingerprint density at radius 3 is 2.58 bits per heavy atom. The zero-order valence-electron chi connectivity index (χ0n) is 16.2. The molecule has 31 heavy (non-hydrogen) atoms. The van der Waals surface area contributed by atoms with E-state index in [1.54, 1.807) is 10.6 Å². The molecule has 0 aliphatic heterocycles. The number of hydrogen-bond donors (Lipinski definition) is 3. The Morgan fingerprint density at radius 1 is 1.06 bits per heavy atom. The van der Waals surface area contributed by atoms with Crippen LogP contribution in [0.3, 0.4) is 0 Å². The molecular weight excluding hydrogens is 507 g/mol. The third-order valence-electron chi connectivity index (χ3n) is 4.64. The highest BCUT2D eigenvalue weighted by atomic mass is 127. The van der Waals surface area contributed by atoms with Gasteiger partial charge in [0.1, 0.15) is 23.3 Å². The number of nitrogen functional groups attached to an aromatic ring is 2. The van der Waals surface area contributed by atoms with Crippen LogP contribution in [0.25, 0.3) is 16.6 Å². The second-order valence-corrected chi connectivity index (χ2v) is 7.78. The molecule has 0 spiro atoms. The van der Waals surface area contributed by atoms with E-state index >= 15 is 0 Å². The fourth-order valence-corrected chi connectivity index (χ4v) is 3.87. The van der Waals surface area contributed by atoms with Crippen molar-refractivity contribution in [3.05, 3.63) is 73.8 Å². The van der Waals surface area contributed by atoms with Gasteiger partial charge in [0.15, 0.2) is 5.82 Å². The van der Waals surface area contributed by atoms with E-state index in [-0.39, 0.29) is 28.7 Å². The SMILES string of the molecule is N#Cc1c(N)nc(N)nc1NCCc1nc2c(I)cccc2c(=O)n1-c1ccccc1. The van der Waals surface area contributed by atoms with Gasteiger partial charge in [-0.3, -0.25) is 9.36 Å². The first-order valence-electron chi connectivity index (χ1n) is 9.32. The summed E-state index contributed by atoms with van der Waals surface area (Å²) in [5.41, 5.74) is 12.8. The van der Waals surface area contributed by atoms with Gasteiger partial charge in [-0.1, -0.05) is 24.3 Å². The fraction of sp³-hybridized carbons (Fsp3) is 0.0952. The van der Waals surface area contributed by atoms with Gasteiger partial charge in [0, 0.05) is 16.5 Å². The van der Waals surface area contributed by atoms with Crippen LogP contribution in [0.15, 0.2) is 53.3 Å². The fourth-order valence-electron chi connectivity index (χ4n) is 3.26. The van der Waals surface area contributed by atoms with Gasteiger partial charge in [0.25, 0.3) is 5.56 Å². The molecular formula is C21H17IN8O. The third-order valence-corrected chi connectivity index (χ3v) is 5.51. The van der Waals surface area contributed by atoms with Crippen molar-refractivity contribution in [3.8, 4) is 11.8 Å². The van der Waals surface area contributed by atoms with Gasteiger partial charge in [0.05, 0.1) is 16.6 Å². The second-order valence-electron chi connectivity index (χ2n) is 6.62. The molecule has 2 aromatic carbocycles. The zero-order valence-corrected chi connectivity index (χ0v) is 18.4. The lowest BCUT2D eigenvalue weighted by Crippen LogP contribution is -2.25. The molecule has 4 aromatic rings. The van der Waals surface area contributed by atoms with Crippen LogP contribution in [0.5, 0.6) is 0 Å². The highest BCUT2D eigenvalue weighted by Gasteiger charge is 2.15. The summed E-state index contributed by atoms with van der Waals surface area (Å²) in [6.07, 6.45) is 0.389. The monoisotopic (exact) mass is 524 g/mol. The summed E-state index contributed by atoms with van der Waals surface area (Å²) >= 11 is 2.17. The lowest BCUT2D eigenvalue weighted by Gasteiger charge is -2.15. The molecule has 9 nitrogen and oxygen atoms in total. The minimum absolute atomic E-state index is 0.0112. The van der Waals surface area contributed by atoms with E-state index in [2.05, 4.69) is 37.9 Å². The molecule has 2 heterocycles. The van der Waals surface area contributed by atoms with E-state index in [1.807, 2.05) is 48.5 Å². The standard InChI is InChI=1S/C21H17IN8O/c22-15-8-4-7-13-17(15)27-16(30(20(13)31)12-5-2-1-3-6-12)9-10-26-19-14(11-23)18(24)28-21(25)29-19/h1-8H,9-10H2,(H5,24,25,26,28,29). The second kappa shape index (κ2) is 8.57. The van der Waals surface area contributed by atoms with Gasteiger partial charge in [0.2, 0.25) is 5.95 Å². The molecule has 0 atom stereocenters. The van der Waals surface area contributed by atoms with Gasteiger partial charge in [-0.15, -0.1) is 0 Å². The molecule has 0 amide bonds. The number of nitriles is 1. The maximum atomic E-state index is 13.3. The summed E-state index contributed by atoms with van der Waals surface area (Å²) in [5.74, 6) is 0.806. The smallest absolute Gasteiger partial charge is 0.266 e. The van der Waals surface area contributed by atoms with Crippen molar-refractivity contribution >= 4 is 51.1 Å². The maximum absolute atomic E-state index is 13.3. The summed E-state index contributed by atoms with van der Waals surface area (Å²) in [6, 6.07) is 16.9. The largest absolute Gasteiger partial charge is 0.382 e. The maximum Gasteiger partial charge on any atom is 0.266 e. The Balaban J connectivity index is 1.75. The molecule has 10 heteroatoms. The Hall–Kier alpha value is -3.72. The Morgan fingerprint density at radius 2 is 1.84 bits per heavy atom. The Labute approximate surface area is 190 Å². The number of nitrogens with zero attached hydrogens (tertiary/aromatic N) is 5. The summed E-state index contributed by atoms with van der Waals surface area (Å²) in [4.78, 5) is 26.0. The number of halogens is 1. The van der Waals surface area contributed by atoms with Gasteiger partial charge in [-0.2, -0.15) is 15.2 Å². The van der Waals surface area contributed by atoms with Crippen LogP contribution in [0.2, 0.25) is 0 Å². The zero-order chi connectivity index (χ0) is 22.0. The van der Waals surface area contributed by atoms with Crippen LogP contribution in [0, 0.1) is 14.9 Å². The van der Waals surface area contributed by atoms with Crippen LogP contribution in [-0.4, -0.2) is 26.1 Å². The van der Waals surface area contributed by atoms with Gasteiger partial charge in [-0.25, -0.2) is 4.98 Å². The molecule has 4 rings (SSSR count). The Bertz CT molecular complexity index is 1380. The van der Waals surface area contributed by atoms with Crippen molar-refractivity contribution in [1.82, 2.24) is 19.5 Å². The van der Waals surface area contributed by atoms with Gasteiger partial charge >= 0.3 is 0 Å². The first kappa shape index (κ1) is 20.5. The lowest BCUT2D eigenvalue weighted by atomic mass is 10.2. The number of hydrogen-bond acceptors (Lipinski definition) is 8. The number of rotatable bonds is 5. The average molecular weight is 524 g/mol. The quantitative estimate of drug-likeness (QED) is 0.337. The van der Waals surface area contributed by atoms with E-state index < -0.39 is 0 Å². The van der Waals surface area contributed by atoms with E-state index in [0.29, 0.717) is 29.7 Å². The first-order chi connectivity index (χ1) is 15.0. The van der Waals surface area contributed by atoms with Crippen LogP contribution in [0.4, 0.5) is 17.6 Å². The molecule has 5 N–H and O–H groups in total. The van der Waals surface area contributed by atoms with Crippen LogP contribution < -0.4 is 22.3 Å². The predicted octanol–water partition coefficient (Wildman–Crippen LogP) is 2.47. The van der Waals surface area contributed by atoms with Crippen LogP contribution in [0.1, 0.15) is 11.4 Å². The highest BCUT2D eigenvalue weighted by molar-refractivity contribution is 14.1. The molecule has 0 aliphatic carbocycles. The summed E-state index contributed by atoms with van der Waals surface area (Å²) in [6.45, 7) is 0.346. The number of para-hydroxylation sites is 2. The van der Waals surface area contributed by atoms with Crippen LogP contribution in [-0.2, 0) is 6.42 Å². The van der Waals surface area contributed by atoms with E-state index in [1.165, 1.54) is 0 Å². The first-order valence-corrected chi connectivity index (χ1v) is 10.4. The average Bonchev–Trinajstić information content (AvgIpc) is 2.75. The molecule has 0 aliphatic rings. The summed E-state index contributed by atoms with van der Waals surface area (Å²) in [5, 5.41) is 13.0. The topological polar surface area (TPSA) is 149 Å². The van der Waals surface area contributed by atoms with Gasteiger partial charge < -0.3 is 16.8 Å². The van der Waals surface area contributed by atoms with E-state index in [9.17, 15) is 10.1 Å². The molecule has 0 unspecified atom stereocenters. The number of nitrogens with two attached hydrogens (primary N) is 2. The molecule has 0 radical (unpaired) electrons. The summed E-state index contributed by atoms with van der Waals surface area (Å²) in [7, 11) is 0. The van der Waals surface area contributed by atoms with Crippen molar-refractivity contribution in [2.45, 2.75) is 6.42 Å². The normalized spacial score (nSPS) is 10.7. The number of nitrogens with one attached hydrogen (secondary N) is 1. The van der Waals surface area contributed by atoms with Crippen molar-refractivity contribution in [1.29, 1.82) is 5.26 Å². The highest BCUT2D eigenvalue weighted by Crippen LogP contribution is 2.20. The van der Waals surface area contributed by atoms with Gasteiger partial charge in [-0.05, 0) is 46.9 Å².